The summed E-state index contributed by atoms with van der Waals surface area (Å²) in [5.41, 5.74) is 0.930. The molecule has 0 unspecified atom stereocenters. The number of hydrogen-bond donors (Lipinski definition) is 1. The number of rotatable bonds is 4. The molecule has 2 aromatic carbocycles. The molecule has 2 heteroatoms. The number of ether oxygens (including phenoxy) is 1. The summed E-state index contributed by atoms with van der Waals surface area (Å²) < 4.78 is 5.69. The van der Waals surface area contributed by atoms with Crippen molar-refractivity contribution < 1.29 is 4.74 Å². The Morgan fingerprint density at radius 3 is 2.56 bits per heavy atom. The van der Waals surface area contributed by atoms with Crippen LogP contribution in [-0.4, -0.2) is 12.8 Å². The molecule has 82 valence electrons. The van der Waals surface area contributed by atoms with E-state index in [1.165, 1.54) is 6.21 Å². The van der Waals surface area contributed by atoms with Crippen LogP contribution in [0.15, 0.2) is 36.4 Å². The first-order chi connectivity index (χ1) is 7.86. The summed E-state index contributed by atoms with van der Waals surface area (Å²) in [5, 5.41) is 9.52. The highest BCUT2D eigenvalue weighted by Crippen LogP contribution is 2.27. The molecular formula is C14H15NO. The maximum atomic E-state index is 7.37. The highest BCUT2D eigenvalue weighted by atomic mass is 16.5. The van der Waals surface area contributed by atoms with Gasteiger partial charge in [-0.2, -0.15) is 0 Å². The summed E-state index contributed by atoms with van der Waals surface area (Å²) in [6.07, 6.45) is 2.38. The van der Waals surface area contributed by atoms with Crippen LogP contribution in [0.3, 0.4) is 0 Å². The number of nitrogens with one attached hydrogen (secondary N) is 1. The van der Waals surface area contributed by atoms with Crippen molar-refractivity contribution in [2.75, 3.05) is 6.61 Å². The fourth-order valence-corrected chi connectivity index (χ4v) is 1.76. The second-order valence-corrected chi connectivity index (χ2v) is 3.69. The third kappa shape index (κ3) is 1.91. The lowest BCUT2D eigenvalue weighted by Crippen LogP contribution is -1.96. The average Bonchev–Trinajstić information content (AvgIpc) is 2.36. The first-order valence-corrected chi connectivity index (χ1v) is 5.52. The van der Waals surface area contributed by atoms with Gasteiger partial charge >= 0.3 is 0 Å². The first kappa shape index (κ1) is 10.7. The van der Waals surface area contributed by atoms with Crippen LogP contribution in [0.4, 0.5) is 0 Å². The molecule has 0 atom stereocenters. The zero-order valence-electron chi connectivity index (χ0n) is 9.36. The Balaban J connectivity index is 2.55. The minimum absolute atomic E-state index is 0.730. The summed E-state index contributed by atoms with van der Waals surface area (Å²) in [7, 11) is 0. The Morgan fingerprint density at radius 1 is 1.12 bits per heavy atom. The van der Waals surface area contributed by atoms with E-state index in [0.717, 1.165) is 35.1 Å². The first-order valence-electron chi connectivity index (χ1n) is 5.52. The zero-order chi connectivity index (χ0) is 11.4. The minimum atomic E-state index is 0.730. The van der Waals surface area contributed by atoms with Crippen LogP contribution in [0.2, 0.25) is 0 Å². The van der Waals surface area contributed by atoms with Crippen molar-refractivity contribution in [3.63, 3.8) is 0 Å². The molecule has 0 radical (unpaired) electrons. The molecule has 0 spiro atoms. The van der Waals surface area contributed by atoms with Gasteiger partial charge in [-0.1, -0.05) is 31.2 Å². The number of benzene rings is 2. The van der Waals surface area contributed by atoms with Crippen molar-refractivity contribution in [2.24, 2.45) is 0 Å². The Labute approximate surface area is 95.4 Å². The quantitative estimate of drug-likeness (QED) is 0.773. The largest absolute Gasteiger partial charge is 0.493 e. The Morgan fingerprint density at radius 2 is 1.88 bits per heavy atom. The van der Waals surface area contributed by atoms with E-state index in [0.29, 0.717) is 0 Å². The third-order valence-corrected chi connectivity index (χ3v) is 2.53. The monoisotopic (exact) mass is 213 g/mol. The van der Waals surface area contributed by atoms with Gasteiger partial charge in [0, 0.05) is 17.2 Å². The van der Waals surface area contributed by atoms with Crippen molar-refractivity contribution in [1.29, 1.82) is 5.41 Å². The zero-order valence-corrected chi connectivity index (χ0v) is 9.36. The predicted molar refractivity (Wildman–Crippen MR) is 67.6 cm³/mol. The fraction of sp³-hybridized carbons (Fsp3) is 0.214. The van der Waals surface area contributed by atoms with Gasteiger partial charge in [0.15, 0.2) is 0 Å². The molecule has 0 aliphatic carbocycles. The molecule has 0 fully saturated rings. The molecular weight excluding hydrogens is 198 g/mol. The highest BCUT2D eigenvalue weighted by Gasteiger charge is 2.04. The van der Waals surface area contributed by atoms with Crippen molar-refractivity contribution >= 4 is 17.0 Å². The standard InChI is InChI=1S/C14H15NO/c1-2-9-16-14-8-7-11(10-15)12-5-3-4-6-13(12)14/h3-8,10,15H,2,9H2,1H3. The third-order valence-electron chi connectivity index (χ3n) is 2.53. The smallest absolute Gasteiger partial charge is 0.127 e. The van der Waals surface area contributed by atoms with Gasteiger partial charge in [-0.3, -0.25) is 0 Å². The molecule has 16 heavy (non-hydrogen) atoms. The molecule has 0 bridgehead atoms. The highest BCUT2D eigenvalue weighted by molar-refractivity contribution is 6.01. The summed E-state index contributed by atoms with van der Waals surface area (Å²) in [4.78, 5) is 0. The van der Waals surface area contributed by atoms with Crippen LogP contribution in [-0.2, 0) is 0 Å². The van der Waals surface area contributed by atoms with Crippen LogP contribution in [0.25, 0.3) is 10.8 Å². The summed E-state index contributed by atoms with van der Waals surface area (Å²) in [6, 6.07) is 11.9. The molecule has 1 N–H and O–H groups in total. The maximum absolute atomic E-state index is 7.37. The molecule has 2 rings (SSSR count). The van der Waals surface area contributed by atoms with Crippen LogP contribution in [0.5, 0.6) is 5.75 Å². The lowest BCUT2D eigenvalue weighted by atomic mass is 10.0. The molecule has 2 aromatic rings. The lowest BCUT2D eigenvalue weighted by molar-refractivity contribution is 0.321. The summed E-state index contributed by atoms with van der Waals surface area (Å²) in [6.45, 7) is 2.82. The minimum Gasteiger partial charge on any atom is -0.493 e. The summed E-state index contributed by atoms with van der Waals surface area (Å²) in [5.74, 6) is 0.906. The van der Waals surface area contributed by atoms with Gasteiger partial charge in [0.05, 0.1) is 6.61 Å². The maximum Gasteiger partial charge on any atom is 0.127 e. The van der Waals surface area contributed by atoms with Gasteiger partial charge in [-0.05, 0) is 23.9 Å². The van der Waals surface area contributed by atoms with Crippen LogP contribution >= 0.6 is 0 Å². The van der Waals surface area contributed by atoms with E-state index in [9.17, 15) is 0 Å². The van der Waals surface area contributed by atoms with Crippen molar-refractivity contribution in [2.45, 2.75) is 13.3 Å². The molecule has 0 aromatic heterocycles. The molecule has 0 saturated carbocycles. The van der Waals surface area contributed by atoms with Gasteiger partial charge < -0.3 is 10.1 Å². The van der Waals surface area contributed by atoms with Gasteiger partial charge in [-0.15, -0.1) is 0 Å². The van der Waals surface area contributed by atoms with E-state index in [4.69, 9.17) is 10.1 Å². The van der Waals surface area contributed by atoms with E-state index in [-0.39, 0.29) is 0 Å². The van der Waals surface area contributed by atoms with E-state index >= 15 is 0 Å². The average molecular weight is 213 g/mol. The summed E-state index contributed by atoms with van der Waals surface area (Å²) >= 11 is 0. The fourth-order valence-electron chi connectivity index (χ4n) is 1.76. The van der Waals surface area contributed by atoms with E-state index in [2.05, 4.69) is 6.92 Å². The molecule has 0 amide bonds. The van der Waals surface area contributed by atoms with Gasteiger partial charge in [0.25, 0.3) is 0 Å². The Hall–Kier alpha value is -1.83. The second-order valence-electron chi connectivity index (χ2n) is 3.69. The Bertz CT molecular complexity index is 505. The normalized spacial score (nSPS) is 10.3. The molecule has 2 nitrogen and oxygen atoms in total. The van der Waals surface area contributed by atoms with Gasteiger partial charge in [0.2, 0.25) is 0 Å². The number of hydrogen-bond acceptors (Lipinski definition) is 2. The van der Waals surface area contributed by atoms with Crippen molar-refractivity contribution in [3.8, 4) is 5.75 Å². The number of fused-ring (bicyclic) bond motifs is 1. The van der Waals surface area contributed by atoms with E-state index in [1.54, 1.807) is 0 Å². The Kier molecular flexibility index (Phi) is 3.20. The van der Waals surface area contributed by atoms with Gasteiger partial charge in [-0.25, -0.2) is 0 Å². The van der Waals surface area contributed by atoms with Crippen molar-refractivity contribution in [3.05, 3.63) is 42.0 Å². The molecule has 0 saturated heterocycles. The van der Waals surface area contributed by atoms with Crippen LogP contribution in [0.1, 0.15) is 18.9 Å². The van der Waals surface area contributed by atoms with E-state index < -0.39 is 0 Å². The molecule has 0 aliphatic rings. The SMILES string of the molecule is CCCOc1ccc(C=N)c2ccccc12. The predicted octanol–water partition coefficient (Wildman–Crippen LogP) is 3.63. The molecule has 0 aliphatic heterocycles. The van der Waals surface area contributed by atoms with E-state index in [1.807, 2.05) is 36.4 Å². The van der Waals surface area contributed by atoms with Crippen molar-refractivity contribution in [1.82, 2.24) is 0 Å². The second kappa shape index (κ2) is 4.79. The van der Waals surface area contributed by atoms with Crippen LogP contribution < -0.4 is 4.74 Å². The van der Waals surface area contributed by atoms with Gasteiger partial charge in [0.1, 0.15) is 5.75 Å². The topological polar surface area (TPSA) is 33.1 Å². The lowest BCUT2D eigenvalue weighted by Gasteiger charge is -2.09. The van der Waals surface area contributed by atoms with Crippen LogP contribution in [0, 0.1) is 5.41 Å². The molecule has 0 heterocycles.